The van der Waals surface area contributed by atoms with E-state index < -0.39 is 0 Å². The van der Waals surface area contributed by atoms with Gasteiger partial charge in [0.15, 0.2) is 11.6 Å². The van der Waals surface area contributed by atoms with Gasteiger partial charge in [0, 0.05) is 29.7 Å². The third-order valence-electron chi connectivity index (χ3n) is 12.2. The van der Waals surface area contributed by atoms with Crippen molar-refractivity contribution in [2.45, 2.75) is 120 Å². The highest BCUT2D eigenvalue weighted by atomic mass is 16.5. The lowest BCUT2D eigenvalue weighted by Gasteiger charge is -2.70. The van der Waals surface area contributed by atoms with E-state index in [0.717, 1.165) is 56.9 Å². The quantitative estimate of drug-likeness (QED) is 0.374. The molecule has 0 radical (unpaired) electrons. The fourth-order valence-corrected chi connectivity index (χ4v) is 9.88. The lowest BCUT2D eigenvalue weighted by molar-refractivity contribution is -0.229. The zero-order valence-electron chi connectivity index (χ0n) is 24.3. The van der Waals surface area contributed by atoms with Gasteiger partial charge in [-0.1, -0.05) is 55.4 Å². The molecule has 0 bridgehead atoms. The number of rotatable bonds is 2. The predicted octanol–water partition coefficient (Wildman–Crippen LogP) is 7.34. The van der Waals surface area contributed by atoms with E-state index in [9.17, 15) is 14.4 Å². The lowest BCUT2D eigenvalue weighted by atomic mass is 9.34. The summed E-state index contributed by atoms with van der Waals surface area (Å²) < 4.78 is 5.86. The highest BCUT2D eigenvalue weighted by molar-refractivity contribution is 6.05. The molecule has 4 aliphatic carbocycles. The fraction of sp³-hybridized carbons (Fsp3) is 0.844. The van der Waals surface area contributed by atoms with E-state index in [-0.39, 0.29) is 63.1 Å². The maximum atomic E-state index is 14.1. The van der Waals surface area contributed by atoms with E-state index in [1.165, 1.54) is 6.92 Å². The van der Waals surface area contributed by atoms with Crippen LogP contribution in [0.2, 0.25) is 0 Å². The molecule has 0 N–H and O–H groups in total. The average Bonchev–Trinajstić information content (AvgIpc) is 2.80. The van der Waals surface area contributed by atoms with Crippen LogP contribution in [0, 0.1) is 51.2 Å². The van der Waals surface area contributed by atoms with Crippen LogP contribution in [-0.2, 0) is 19.1 Å². The molecule has 0 heterocycles. The highest BCUT2D eigenvalue weighted by Gasteiger charge is 2.67. The summed E-state index contributed by atoms with van der Waals surface area (Å²) in [5.41, 5.74) is 0.734. The van der Waals surface area contributed by atoms with Gasteiger partial charge in [-0.05, 0) is 91.4 Å². The Kier molecular flexibility index (Phi) is 6.96. The smallest absolute Gasteiger partial charge is 0.302 e. The number of carbonyl (C=O) groups excluding carboxylic acids is 3. The Morgan fingerprint density at radius 3 is 2.14 bits per heavy atom. The van der Waals surface area contributed by atoms with Crippen molar-refractivity contribution >= 4 is 17.5 Å². The van der Waals surface area contributed by atoms with E-state index in [2.05, 4.69) is 48.5 Å². The third kappa shape index (κ3) is 3.95. The molecule has 202 valence electrons. The molecule has 0 aliphatic heterocycles. The van der Waals surface area contributed by atoms with Crippen LogP contribution in [0.15, 0.2) is 11.6 Å². The summed E-state index contributed by atoms with van der Waals surface area (Å²) >= 11 is 0. The number of fused-ring (bicyclic) bond motifs is 5. The molecule has 4 aliphatic rings. The Morgan fingerprint density at radius 2 is 1.53 bits per heavy atom. The Morgan fingerprint density at radius 1 is 0.889 bits per heavy atom. The molecule has 0 aromatic carbocycles. The first-order chi connectivity index (χ1) is 16.6. The number of Topliss-reactive ketones (excluding diaryl/α,β-unsaturated/α-hetero) is 1. The third-order valence-corrected chi connectivity index (χ3v) is 12.2. The number of carbonyl (C=O) groups is 3. The second-order valence-corrected chi connectivity index (χ2v) is 14.5. The molecule has 0 amide bonds. The first kappa shape index (κ1) is 27.6. The van der Waals surface area contributed by atoms with Gasteiger partial charge in [0.2, 0.25) is 0 Å². The van der Waals surface area contributed by atoms with Crippen LogP contribution in [0.4, 0.5) is 0 Å². The number of allylic oxidation sites excluding steroid dienone is 2. The van der Waals surface area contributed by atoms with Gasteiger partial charge in [-0.15, -0.1) is 0 Å². The normalized spacial score (nSPS) is 44.8. The predicted molar refractivity (Wildman–Crippen MR) is 143 cm³/mol. The van der Waals surface area contributed by atoms with Gasteiger partial charge in [0.05, 0.1) is 0 Å². The minimum Gasteiger partial charge on any atom is -0.462 e. The molecule has 4 heteroatoms. The molecule has 0 saturated heterocycles. The molecule has 8 atom stereocenters. The SMILES string of the molecule is CC(=O)O[C@H]1CC[C@]2(C)[C@H]3CC[C@H]4C(=O)C(C(C)C)=CC(=O)[C@@H](C)CC[C@@]4(C)[C@]3(C)CC[C@H]2C1(C)C. The largest absolute Gasteiger partial charge is 0.462 e. The van der Waals surface area contributed by atoms with Gasteiger partial charge >= 0.3 is 5.97 Å². The van der Waals surface area contributed by atoms with Gasteiger partial charge in [-0.2, -0.15) is 0 Å². The summed E-state index contributed by atoms with van der Waals surface area (Å²) in [7, 11) is 0. The Balaban J connectivity index is 1.75. The minimum absolute atomic E-state index is 0.0176. The molecule has 4 rings (SSSR count). The number of ether oxygens (including phenoxy) is 1. The monoisotopic (exact) mass is 498 g/mol. The van der Waals surface area contributed by atoms with Crippen molar-refractivity contribution in [2.24, 2.45) is 51.2 Å². The van der Waals surface area contributed by atoms with Crippen molar-refractivity contribution in [1.82, 2.24) is 0 Å². The minimum atomic E-state index is -0.174. The number of hydrogen-bond donors (Lipinski definition) is 0. The van der Waals surface area contributed by atoms with Crippen LogP contribution in [0.5, 0.6) is 0 Å². The van der Waals surface area contributed by atoms with Gasteiger partial charge < -0.3 is 4.74 Å². The summed E-state index contributed by atoms with van der Waals surface area (Å²) in [6.07, 6.45) is 9.63. The van der Waals surface area contributed by atoms with Crippen LogP contribution in [0.3, 0.4) is 0 Å². The molecular weight excluding hydrogens is 448 g/mol. The van der Waals surface area contributed by atoms with E-state index >= 15 is 0 Å². The summed E-state index contributed by atoms with van der Waals surface area (Å²) in [5.74, 6) is 1.19. The summed E-state index contributed by atoms with van der Waals surface area (Å²) in [4.78, 5) is 39.0. The molecule has 0 unspecified atom stereocenters. The second-order valence-electron chi connectivity index (χ2n) is 14.5. The van der Waals surface area contributed by atoms with Crippen molar-refractivity contribution in [1.29, 1.82) is 0 Å². The Hall–Kier alpha value is -1.45. The molecule has 36 heavy (non-hydrogen) atoms. The topological polar surface area (TPSA) is 60.4 Å². The zero-order chi connectivity index (χ0) is 26.8. The first-order valence-electron chi connectivity index (χ1n) is 14.6. The van der Waals surface area contributed by atoms with Crippen LogP contribution in [0.1, 0.15) is 114 Å². The Labute approximate surface area is 219 Å². The molecule has 4 nitrogen and oxygen atoms in total. The summed E-state index contributed by atoms with van der Waals surface area (Å²) in [5, 5.41) is 0. The molecule has 0 aromatic rings. The number of esters is 1. The molecule has 3 saturated carbocycles. The first-order valence-corrected chi connectivity index (χ1v) is 14.6. The zero-order valence-corrected chi connectivity index (χ0v) is 24.3. The molecule has 0 aromatic heterocycles. The van der Waals surface area contributed by atoms with Gasteiger partial charge in [0.1, 0.15) is 6.10 Å². The van der Waals surface area contributed by atoms with Crippen LogP contribution in [0.25, 0.3) is 0 Å². The van der Waals surface area contributed by atoms with Crippen LogP contribution in [-0.4, -0.2) is 23.6 Å². The van der Waals surface area contributed by atoms with E-state index in [1.54, 1.807) is 6.08 Å². The highest BCUT2D eigenvalue weighted by Crippen LogP contribution is 2.73. The van der Waals surface area contributed by atoms with E-state index in [1.807, 2.05) is 6.92 Å². The molecule has 0 spiro atoms. The van der Waals surface area contributed by atoms with Crippen molar-refractivity contribution < 1.29 is 19.1 Å². The van der Waals surface area contributed by atoms with Gasteiger partial charge in [-0.3, -0.25) is 14.4 Å². The van der Waals surface area contributed by atoms with Crippen LogP contribution >= 0.6 is 0 Å². The Bertz CT molecular complexity index is 959. The van der Waals surface area contributed by atoms with Crippen molar-refractivity contribution in [3.8, 4) is 0 Å². The number of hydrogen-bond acceptors (Lipinski definition) is 4. The van der Waals surface area contributed by atoms with Crippen molar-refractivity contribution in [2.75, 3.05) is 0 Å². The van der Waals surface area contributed by atoms with Gasteiger partial charge in [0.25, 0.3) is 0 Å². The number of ketones is 2. The van der Waals surface area contributed by atoms with E-state index in [4.69, 9.17) is 4.74 Å². The average molecular weight is 499 g/mol. The van der Waals surface area contributed by atoms with Crippen LogP contribution < -0.4 is 0 Å². The molecular formula is C32H50O4. The molecule has 3 fully saturated rings. The van der Waals surface area contributed by atoms with Gasteiger partial charge in [-0.25, -0.2) is 0 Å². The van der Waals surface area contributed by atoms with Crippen molar-refractivity contribution in [3.05, 3.63) is 11.6 Å². The standard InChI is InChI=1S/C32H50O4/c1-19(2)22-18-24(34)20(3)12-16-31(8)23(28(22)35)10-11-26-30(7)15-14-27(36-21(4)33)29(5,6)25(30)13-17-32(26,31)9/h18-20,23,25-27H,10-17H2,1-9H3/t20-,23-,25-,26+,27-,30-,31+,32+/m0/s1. The fourth-order valence-electron chi connectivity index (χ4n) is 9.88. The summed E-state index contributed by atoms with van der Waals surface area (Å²) in [6, 6.07) is 0. The van der Waals surface area contributed by atoms with Crippen molar-refractivity contribution in [3.63, 3.8) is 0 Å². The van der Waals surface area contributed by atoms with E-state index in [0.29, 0.717) is 11.8 Å². The maximum Gasteiger partial charge on any atom is 0.302 e. The summed E-state index contributed by atoms with van der Waals surface area (Å²) in [6.45, 7) is 19.7. The second kappa shape index (κ2) is 9.09. The lowest BCUT2D eigenvalue weighted by Crippen LogP contribution is -2.65. The maximum absolute atomic E-state index is 14.1.